The second-order valence-electron chi connectivity index (χ2n) is 4.71. The molecule has 4 nitrogen and oxygen atoms in total. The first-order valence-corrected chi connectivity index (χ1v) is 6.25. The summed E-state index contributed by atoms with van der Waals surface area (Å²) in [6.07, 6.45) is -0.136. The van der Waals surface area contributed by atoms with E-state index >= 15 is 0 Å². The average Bonchev–Trinajstić information content (AvgIpc) is 2.27. The summed E-state index contributed by atoms with van der Waals surface area (Å²) in [5.74, 6) is -0.941. The minimum atomic E-state index is -0.941. The molecule has 5 heteroatoms. The number of benzene rings is 1. The van der Waals surface area contributed by atoms with E-state index in [9.17, 15) is 4.79 Å². The zero-order valence-corrected chi connectivity index (χ0v) is 11.9. The largest absolute Gasteiger partial charge is 0.481 e. The molecule has 0 aromatic heterocycles. The van der Waals surface area contributed by atoms with E-state index in [1.54, 1.807) is 26.0 Å². The van der Waals surface area contributed by atoms with E-state index in [1.165, 1.54) is 0 Å². The maximum atomic E-state index is 10.7. The molecule has 0 aliphatic carbocycles. The molecule has 0 saturated carbocycles. The second kappa shape index (κ2) is 5.51. The van der Waals surface area contributed by atoms with E-state index < -0.39 is 17.4 Å². The number of aliphatic carboxylic acids is 1. The van der Waals surface area contributed by atoms with Crippen LogP contribution in [0.1, 0.15) is 37.4 Å². The van der Waals surface area contributed by atoms with Gasteiger partial charge in [0.1, 0.15) is 0 Å². The lowest BCUT2D eigenvalue weighted by molar-refractivity contribution is -0.137. The number of hydrogen-bond acceptors (Lipinski definition) is 3. The van der Waals surface area contributed by atoms with Gasteiger partial charge in [0.2, 0.25) is 0 Å². The van der Waals surface area contributed by atoms with Crippen molar-refractivity contribution in [1.82, 2.24) is 0 Å². The lowest BCUT2D eigenvalue weighted by atomic mass is 9.84. The number of nitrogens with two attached hydrogens (primary N) is 1. The van der Waals surface area contributed by atoms with Crippen molar-refractivity contribution >= 4 is 21.9 Å². The van der Waals surface area contributed by atoms with Gasteiger partial charge in [-0.15, -0.1) is 0 Å². The number of nitriles is 1. The predicted molar refractivity (Wildman–Crippen MR) is 72.0 cm³/mol. The zero-order valence-electron chi connectivity index (χ0n) is 10.3. The molecule has 0 amide bonds. The standard InChI is InChI=1S/C13H15BrN2O2/c1-13(2,7-15)9-3-8(4-10(14)5-9)11(16)6-12(17)18/h3-5,11H,6,16H2,1-2H3,(H,17,18). The molecule has 96 valence electrons. The fraction of sp³-hybridized carbons (Fsp3) is 0.385. The van der Waals surface area contributed by atoms with Crippen LogP contribution in [0.15, 0.2) is 22.7 Å². The molecule has 18 heavy (non-hydrogen) atoms. The number of carboxylic acids is 1. The highest BCUT2D eigenvalue weighted by atomic mass is 79.9. The van der Waals surface area contributed by atoms with Crippen molar-refractivity contribution in [3.8, 4) is 6.07 Å². The predicted octanol–water partition coefficient (Wildman–Crippen LogP) is 2.72. The van der Waals surface area contributed by atoms with Crippen molar-refractivity contribution in [2.75, 3.05) is 0 Å². The Morgan fingerprint density at radius 1 is 1.56 bits per heavy atom. The number of carbonyl (C=O) groups is 1. The Hall–Kier alpha value is -1.38. The maximum Gasteiger partial charge on any atom is 0.305 e. The summed E-state index contributed by atoms with van der Waals surface area (Å²) < 4.78 is 0.791. The van der Waals surface area contributed by atoms with E-state index in [0.29, 0.717) is 5.56 Å². The Bertz CT molecular complexity index is 506. The third kappa shape index (κ3) is 3.56. The van der Waals surface area contributed by atoms with Gasteiger partial charge in [-0.05, 0) is 37.1 Å². The molecule has 0 saturated heterocycles. The number of rotatable bonds is 4. The lowest BCUT2D eigenvalue weighted by Gasteiger charge is -2.19. The molecular weight excluding hydrogens is 296 g/mol. The van der Waals surface area contributed by atoms with Crippen LogP contribution < -0.4 is 5.73 Å². The first-order chi connectivity index (χ1) is 8.26. The molecule has 1 aromatic rings. The molecule has 0 bridgehead atoms. The first-order valence-electron chi connectivity index (χ1n) is 5.46. The quantitative estimate of drug-likeness (QED) is 0.895. The van der Waals surface area contributed by atoms with Crippen molar-refractivity contribution in [3.63, 3.8) is 0 Å². The highest BCUT2D eigenvalue weighted by molar-refractivity contribution is 9.10. The van der Waals surface area contributed by atoms with Crippen molar-refractivity contribution < 1.29 is 9.90 Å². The molecule has 0 spiro atoms. The second-order valence-corrected chi connectivity index (χ2v) is 5.63. The molecular formula is C13H15BrN2O2. The molecule has 0 radical (unpaired) electrons. The number of halogens is 1. The molecule has 3 N–H and O–H groups in total. The third-order valence-corrected chi connectivity index (χ3v) is 3.20. The SMILES string of the molecule is CC(C)(C#N)c1cc(Br)cc(C(N)CC(=O)O)c1. The molecule has 1 rings (SSSR count). The van der Waals surface area contributed by atoms with Crippen LogP contribution in [0.5, 0.6) is 0 Å². The molecule has 0 aliphatic rings. The van der Waals surface area contributed by atoms with E-state index in [-0.39, 0.29) is 6.42 Å². The average molecular weight is 311 g/mol. The van der Waals surface area contributed by atoms with Gasteiger partial charge in [-0.2, -0.15) is 5.26 Å². The molecule has 0 fully saturated rings. The lowest BCUT2D eigenvalue weighted by Crippen LogP contribution is -2.18. The van der Waals surface area contributed by atoms with Crippen LogP contribution in [0, 0.1) is 11.3 Å². The van der Waals surface area contributed by atoms with Gasteiger partial charge in [0.25, 0.3) is 0 Å². The van der Waals surface area contributed by atoms with Crippen LogP contribution in [-0.2, 0) is 10.2 Å². The van der Waals surface area contributed by atoms with Crippen molar-refractivity contribution in [2.45, 2.75) is 31.7 Å². The highest BCUT2D eigenvalue weighted by Gasteiger charge is 2.22. The van der Waals surface area contributed by atoms with Crippen LogP contribution in [0.2, 0.25) is 0 Å². The summed E-state index contributed by atoms with van der Waals surface area (Å²) >= 11 is 3.36. The summed E-state index contributed by atoms with van der Waals surface area (Å²) in [5.41, 5.74) is 6.72. The topological polar surface area (TPSA) is 87.1 Å². The normalized spacial score (nSPS) is 12.8. The third-order valence-electron chi connectivity index (χ3n) is 2.74. The van der Waals surface area contributed by atoms with Gasteiger partial charge in [0, 0.05) is 10.5 Å². The van der Waals surface area contributed by atoms with Gasteiger partial charge in [-0.1, -0.05) is 22.0 Å². The van der Waals surface area contributed by atoms with Gasteiger partial charge in [-0.25, -0.2) is 0 Å². The Balaban J connectivity index is 3.17. The van der Waals surface area contributed by atoms with Crippen LogP contribution >= 0.6 is 15.9 Å². The summed E-state index contributed by atoms with van der Waals surface area (Å²) in [6, 6.07) is 7.06. The molecule has 1 atom stereocenters. The van der Waals surface area contributed by atoms with E-state index in [2.05, 4.69) is 22.0 Å². The fourth-order valence-electron chi connectivity index (χ4n) is 1.56. The molecule has 1 unspecified atom stereocenters. The van der Waals surface area contributed by atoms with Crippen LogP contribution in [0.25, 0.3) is 0 Å². The van der Waals surface area contributed by atoms with Gasteiger partial charge in [-0.3, -0.25) is 4.79 Å². The number of carboxylic acid groups (broad SMARTS) is 1. The Kier molecular flexibility index (Phi) is 4.49. The number of nitrogens with zero attached hydrogens (tertiary/aromatic N) is 1. The minimum Gasteiger partial charge on any atom is -0.481 e. The van der Waals surface area contributed by atoms with Crippen molar-refractivity contribution in [2.24, 2.45) is 5.73 Å². The zero-order chi connectivity index (χ0) is 13.9. The van der Waals surface area contributed by atoms with E-state index in [1.807, 2.05) is 6.07 Å². The highest BCUT2D eigenvalue weighted by Crippen LogP contribution is 2.29. The van der Waals surface area contributed by atoms with Gasteiger partial charge in [0.05, 0.1) is 17.9 Å². The number of hydrogen-bond donors (Lipinski definition) is 2. The maximum absolute atomic E-state index is 10.7. The van der Waals surface area contributed by atoms with Crippen molar-refractivity contribution in [1.29, 1.82) is 5.26 Å². The van der Waals surface area contributed by atoms with Crippen LogP contribution in [-0.4, -0.2) is 11.1 Å². The summed E-state index contributed by atoms with van der Waals surface area (Å²) in [6.45, 7) is 3.61. The Morgan fingerprint density at radius 3 is 2.67 bits per heavy atom. The monoisotopic (exact) mass is 310 g/mol. The van der Waals surface area contributed by atoms with E-state index in [0.717, 1.165) is 10.0 Å². The molecule has 0 heterocycles. The van der Waals surface area contributed by atoms with E-state index in [4.69, 9.17) is 16.1 Å². The smallest absolute Gasteiger partial charge is 0.305 e. The molecule has 0 aliphatic heterocycles. The fourth-order valence-corrected chi connectivity index (χ4v) is 2.07. The van der Waals surface area contributed by atoms with Crippen LogP contribution in [0.3, 0.4) is 0 Å². The summed E-state index contributed by atoms with van der Waals surface area (Å²) in [7, 11) is 0. The first kappa shape index (κ1) is 14.7. The van der Waals surface area contributed by atoms with Gasteiger partial charge >= 0.3 is 5.97 Å². The minimum absolute atomic E-state index is 0.136. The van der Waals surface area contributed by atoms with Crippen molar-refractivity contribution in [3.05, 3.63) is 33.8 Å². The summed E-state index contributed by atoms with van der Waals surface area (Å²) in [4.78, 5) is 10.7. The molecule has 1 aromatic carbocycles. The summed E-state index contributed by atoms with van der Waals surface area (Å²) in [5, 5.41) is 17.9. The van der Waals surface area contributed by atoms with Gasteiger partial charge < -0.3 is 10.8 Å². The Labute approximate surface area is 115 Å². The Morgan fingerprint density at radius 2 is 2.17 bits per heavy atom. The van der Waals surface area contributed by atoms with Crippen LogP contribution in [0.4, 0.5) is 0 Å². The van der Waals surface area contributed by atoms with Gasteiger partial charge in [0.15, 0.2) is 0 Å².